The Balaban J connectivity index is 1.46. The molecule has 0 aromatic heterocycles. The second-order valence-electron chi connectivity index (χ2n) is 7.46. The van der Waals surface area contributed by atoms with Gasteiger partial charge in [-0.15, -0.1) is 0 Å². The van der Waals surface area contributed by atoms with Gasteiger partial charge in [-0.25, -0.2) is 4.79 Å². The summed E-state index contributed by atoms with van der Waals surface area (Å²) in [6, 6.07) is 15.0. The van der Waals surface area contributed by atoms with E-state index in [1.807, 2.05) is 53.4 Å². The molecule has 2 aromatic carbocycles. The Kier molecular flexibility index (Phi) is 8.13. The molecule has 6 nitrogen and oxygen atoms in total. The molecular formula is C23H29BrN4O2. The molecule has 1 heterocycles. The number of rotatable bonds is 7. The molecule has 0 aliphatic carbocycles. The zero-order chi connectivity index (χ0) is 21.3. The van der Waals surface area contributed by atoms with Gasteiger partial charge in [-0.3, -0.25) is 4.79 Å². The molecule has 1 saturated heterocycles. The zero-order valence-corrected chi connectivity index (χ0v) is 19.0. The molecule has 1 fully saturated rings. The lowest BCUT2D eigenvalue weighted by atomic mass is 10.1. The lowest BCUT2D eigenvalue weighted by Crippen LogP contribution is -2.48. The van der Waals surface area contributed by atoms with Crippen molar-refractivity contribution in [1.29, 1.82) is 0 Å². The smallest absolute Gasteiger partial charge is 0.323 e. The van der Waals surface area contributed by atoms with Crippen molar-refractivity contribution >= 4 is 44.9 Å². The zero-order valence-electron chi connectivity index (χ0n) is 17.4. The highest BCUT2D eigenvalue weighted by Crippen LogP contribution is 2.21. The Labute approximate surface area is 186 Å². The maximum atomic E-state index is 12.3. The first-order chi connectivity index (χ1) is 14.5. The highest BCUT2D eigenvalue weighted by Gasteiger charge is 2.20. The lowest BCUT2D eigenvalue weighted by Gasteiger charge is -2.36. The van der Waals surface area contributed by atoms with Gasteiger partial charge in [0.15, 0.2) is 0 Å². The minimum atomic E-state index is -0.281. The fraction of sp³-hybridized carbons (Fsp3) is 0.391. The fourth-order valence-corrected chi connectivity index (χ4v) is 3.91. The van der Waals surface area contributed by atoms with Crippen LogP contribution in [0.2, 0.25) is 0 Å². The summed E-state index contributed by atoms with van der Waals surface area (Å²) in [4.78, 5) is 28.7. The molecule has 0 spiro atoms. The van der Waals surface area contributed by atoms with Crippen LogP contribution in [-0.2, 0) is 4.79 Å². The second kappa shape index (κ2) is 11.0. The molecule has 160 valence electrons. The van der Waals surface area contributed by atoms with E-state index in [-0.39, 0.29) is 11.9 Å². The van der Waals surface area contributed by atoms with Gasteiger partial charge in [0.05, 0.1) is 0 Å². The first kappa shape index (κ1) is 22.2. The summed E-state index contributed by atoms with van der Waals surface area (Å²) in [5, 5.41) is 5.66. The highest BCUT2D eigenvalue weighted by atomic mass is 79.9. The third-order valence-corrected chi connectivity index (χ3v) is 5.69. The van der Waals surface area contributed by atoms with E-state index in [9.17, 15) is 9.59 Å². The molecule has 30 heavy (non-hydrogen) atoms. The maximum Gasteiger partial charge on any atom is 0.323 e. The minimum Gasteiger partial charge on any atom is -0.368 e. The fourth-order valence-electron chi connectivity index (χ4n) is 3.51. The molecular weight excluding hydrogens is 444 g/mol. The van der Waals surface area contributed by atoms with Crippen molar-refractivity contribution in [2.75, 3.05) is 41.7 Å². The number of piperazine rings is 1. The van der Waals surface area contributed by atoms with Crippen LogP contribution in [0.25, 0.3) is 0 Å². The molecule has 3 rings (SSSR count). The lowest BCUT2D eigenvalue weighted by molar-refractivity contribution is -0.131. The molecule has 3 amide bonds. The topological polar surface area (TPSA) is 64.7 Å². The van der Waals surface area contributed by atoms with Crippen molar-refractivity contribution in [2.45, 2.75) is 32.6 Å². The van der Waals surface area contributed by atoms with Gasteiger partial charge in [0, 0.05) is 54.1 Å². The summed E-state index contributed by atoms with van der Waals surface area (Å²) >= 11 is 3.39. The summed E-state index contributed by atoms with van der Waals surface area (Å²) in [5.41, 5.74) is 2.56. The van der Waals surface area contributed by atoms with E-state index in [0.717, 1.165) is 67.0 Å². The average molecular weight is 473 g/mol. The number of unbranched alkanes of at least 4 members (excludes halogenated alkanes) is 2. The van der Waals surface area contributed by atoms with Crippen molar-refractivity contribution in [1.82, 2.24) is 4.90 Å². The molecule has 2 aromatic rings. The predicted octanol–water partition coefficient (Wildman–Crippen LogP) is 5.32. The highest BCUT2D eigenvalue weighted by molar-refractivity contribution is 9.10. The van der Waals surface area contributed by atoms with E-state index in [1.165, 1.54) is 0 Å². The number of hydrogen-bond donors (Lipinski definition) is 2. The van der Waals surface area contributed by atoms with Gasteiger partial charge in [-0.2, -0.15) is 0 Å². The molecule has 2 N–H and O–H groups in total. The number of nitrogens with zero attached hydrogens (tertiary/aromatic N) is 2. The van der Waals surface area contributed by atoms with Gasteiger partial charge >= 0.3 is 6.03 Å². The first-order valence-electron chi connectivity index (χ1n) is 10.5. The van der Waals surface area contributed by atoms with Gasteiger partial charge in [-0.1, -0.05) is 41.8 Å². The SMILES string of the molecule is CCCCCC(=O)N1CCN(c2ccc(NC(=O)Nc3cccc(Br)c3)cc2)CC1. The Morgan fingerprint density at radius 3 is 2.30 bits per heavy atom. The average Bonchev–Trinajstić information content (AvgIpc) is 2.74. The molecule has 0 radical (unpaired) electrons. The van der Waals surface area contributed by atoms with Crippen LogP contribution in [0, 0.1) is 0 Å². The Morgan fingerprint density at radius 2 is 1.63 bits per heavy atom. The van der Waals surface area contributed by atoms with Crippen molar-refractivity contribution in [3.8, 4) is 0 Å². The number of anilines is 3. The van der Waals surface area contributed by atoms with E-state index >= 15 is 0 Å². The van der Waals surface area contributed by atoms with Crippen molar-refractivity contribution in [3.63, 3.8) is 0 Å². The molecule has 0 atom stereocenters. The van der Waals surface area contributed by atoms with Crippen LogP contribution in [-0.4, -0.2) is 43.0 Å². The number of carbonyl (C=O) groups excluding carboxylic acids is 2. The third-order valence-electron chi connectivity index (χ3n) is 5.20. The molecule has 7 heteroatoms. The number of amides is 3. The Bertz CT molecular complexity index is 849. The Morgan fingerprint density at radius 1 is 0.933 bits per heavy atom. The minimum absolute atomic E-state index is 0.277. The van der Waals surface area contributed by atoms with Gasteiger partial charge < -0.3 is 20.4 Å². The molecule has 1 aliphatic heterocycles. The van der Waals surface area contributed by atoms with E-state index in [4.69, 9.17) is 0 Å². The van der Waals surface area contributed by atoms with Crippen LogP contribution in [0.4, 0.5) is 21.9 Å². The summed E-state index contributed by atoms with van der Waals surface area (Å²) in [5.74, 6) is 0.277. The monoisotopic (exact) mass is 472 g/mol. The van der Waals surface area contributed by atoms with Crippen LogP contribution in [0.15, 0.2) is 53.0 Å². The first-order valence-corrected chi connectivity index (χ1v) is 11.3. The van der Waals surface area contributed by atoms with E-state index in [1.54, 1.807) is 0 Å². The summed E-state index contributed by atoms with van der Waals surface area (Å²) < 4.78 is 0.910. The van der Waals surface area contributed by atoms with Crippen LogP contribution >= 0.6 is 15.9 Å². The third kappa shape index (κ3) is 6.49. The number of halogens is 1. The van der Waals surface area contributed by atoms with Gasteiger partial charge in [0.2, 0.25) is 5.91 Å². The second-order valence-corrected chi connectivity index (χ2v) is 8.38. The van der Waals surface area contributed by atoms with Crippen molar-refractivity contribution < 1.29 is 9.59 Å². The standard InChI is InChI=1S/C23H29BrN4O2/c1-2-3-4-8-22(29)28-15-13-27(14-16-28)21-11-9-19(10-12-21)25-23(30)26-20-7-5-6-18(24)17-20/h5-7,9-12,17H,2-4,8,13-16H2,1H3,(H2,25,26,30). The Hall–Kier alpha value is -2.54. The number of nitrogens with one attached hydrogen (secondary N) is 2. The van der Waals surface area contributed by atoms with Crippen LogP contribution in [0.1, 0.15) is 32.6 Å². The summed E-state index contributed by atoms with van der Waals surface area (Å²) in [6.45, 7) is 5.34. The normalized spacial score (nSPS) is 13.8. The van der Waals surface area contributed by atoms with Gasteiger partial charge in [0.1, 0.15) is 0 Å². The van der Waals surface area contributed by atoms with E-state index in [0.29, 0.717) is 6.42 Å². The molecule has 0 unspecified atom stereocenters. The van der Waals surface area contributed by atoms with Gasteiger partial charge in [-0.05, 0) is 48.9 Å². The van der Waals surface area contributed by atoms with Crippen LogP contribution < -0.4 is 15.5 Å². The van der Waals surface area contributed by atoms with Crippen LogP contribution in [0.5, 0.6) is 0 Å². The van der Waals surface area contributed by atoms with Gasteiger partial charge in [0.25, 0.3) is 0 Å². The molecule has 0 bridgehead atoms. The van der Waals surface area contributed by atoms with Crippen LogP contribution in [0.3, 0.4) is 0 Å². The number of urea groups is 1. The van der Waals surface area contributed by atoms with E-state index < -0.39 is 0 Å². The number of carbonyl (C=O) groups is 2. The number of benzene rings is 2. The summed E-state index contributed by atoms with van der Waals surface area (Å²) in [6.07, 6.45) is 3.90. The predicted molar refractivity (Wildman–Crippen MR) is 126 cm³/mol. The van der Waals surface area contributed by atoms with E-state index in [2.05, 4.69) is 38.4 Å². The summed E-state index contributed by atoms with van der Waals surface area (Å²) in [7, 11) is 0. The quantitative estimate of drug-likeness (QED) is 0.535. The molecule has 1 aliphatic rings. The van der Waals surface area contributed by atoms with Crippen molar-refractivity contribution in [3.05, 3.63) is 53.0 Å². The maximum absolute atomic E-state index is 12.3. The van der Waals surface area contributed by atoms with Crippen molar-refractivity contribution in [2.24, 2.45) is 0 Å². The number of hydrogen-bond acceptors (Lipinski definition) is 3. The molecule has 0 saturated carbocycles. The largest absolute Gasteiger partial charge is 0.368 e.